The van der Waals surface area contributed by atoms with Crippen LogP contribution in [-0.2, 0) is 32.4 Å². The summed E-state index contributed by atoms with van der Waals surface area (Å²) in [6.45, 7) is 4.86. The summed E-state index contributed by atoms with van der Waals surface area (Å²) in [6.07, 6.45) is 5.35. The van der Waals surface area contributed by atoms with Crippen molar-refractivity contribution in [2.24, 2.45) is 5.92 Å². The smallest absolute Gasteiger partial charge is 0.254 e. The molecule has 1 N–H and O–H groups in total. The van der Waals surface area contributed by atoms with Gasteiger partial charge < -0.3 is 4.98 Å². The summed E-state index contributed by atoms with van der Waals surface area (Å²) in [4.78, 5) is 22.6. The zero-order chi connectivity index (χ0) is 16.5. The second-order valence-corrected chi connectivity index (χ2v) is 7.17. The van der Waals surface area contributed by atoms with E-state index in [1.54, 1.807) is 0 Å². The summed E-state index contributed by atoms with van der Waals surface area (Å²) in [7, 11) is 0. The van der Waals surface area contributed by atoms with Crippen molar-refractivity contribution in [3.8, 4) is 0 Å². The number of rotatable bonds is 5. The first kappa shape index (κ1) is 15.6. The number of aromatic amines is 1. The Morgan fingerprint density at radius 3 is 2.79 bits per heavy atom. The number of nitrogens with zero attached hydrogens (tertiary/aromatic N) is 2. The van der Waals surface area contributed by atoms with Crippen molar-refractivity contribution < 1.29 is 0 Å². The maximum absolute atomic E-state index is 12.3. The van der Waals surface area contributed by atoms with E-state index in [1.807, 2.05) is 0 Å². The van der Waals surface area contributed by atoms with Gasteiger partial charge in [-0.15, -0.1) is 0 Å². The van der Waals surface area contributed by atoms with Crippen LogP contribution < -0.4 is 5.56 Å². The van der Waals surface area contributed by atoms with Crippen LogP contribution in [0.3, 0.4) is 0 Å². The Bertz CT molecular complexity index is 792. The minimum Gasteiger partial charge on any atom is -0.310 e. The van der Waals surface area contributed by atoms with Crippen LogP contribution in [0.15, 0.2) is 29.1 Å². The summed E-state index contributed by atoms with van der Waals surface area (Å²) >= 11 is 0. The molecule has 0 saturated heterocycles. The van der Waals surface area contributed by atoms with Crippen molar-refractivity contribution in [3.05, 3.63) is 62.8 Å². The van der Waals surface area contributed by atoms with Crippen molar-refractivity contribution in [1.82, 2.24) is 14.9 Å². The van der Waals surface area contributed by atoms with Crippen LogP contribution in [0.25, 0.3) is 0 Å². The predicted molar refractivity (Wildman–Crippen MR) is 94.9 cm³/mol. The van der Waals surface area contributed by atoms with E-state index in [0.717, 1.165) is 61.9 Å². The Labute approximate surface area is 142 Å². The fourth-order valence-corrected chi connectivity index (χ4v) is 3.67. The number of benzene rings is 1. The van der Waals surface area contributed by atoms with Gasteiger partial charge in [-0.05, 0) is 42.7 Å². The maximum Gasteiger partial charge on any atom is 0.254 e. The normalized spacial score (nSPS) is 17.7. The molecule has 4 heteroatoms. The highest BCUT2D eigenvalue weighted by Gasteiger charge is 2.25. The van der Waals surface area contributed by atoms with Crippen LogP contribution in [0.4, 0.5) is 0 Å². The van der Waals surface area contributed by atoms with Crippen LogP contribution in [0.1, 0.15) is 48.0 Å². The third kappa shape index (κ3) is 3.29. The summed E-state index contributed by atoms with van der Waals surface area (Å²) in [5.41, 5.74) is 4.79. The molecule has 1 aromatic carbocycles. The molecule has 0 spiro atoms. The molecule has 0 bridgehead atoms. The lowest BCUT2D eigenvalue weighted by molar-refractivity contribution is 0.239. The standard InChI is InChI=1S/C20H25N3O/c1-2-15-5-3-4-6-16(15)12-23-10-9-17-18(13-23)21-19(22-20(17)24)11-14-7-8-14/h3-6,14H,2,7-13H2,1H3,(H,21,22,24). The second-order valence-electron chi connectivity index (χ2n) is 7.17. The quantitative estimate of drug-likeness (QED) is 0.920. The average Bonchev–Trinajstić information content (AvgIpc) is 3.39. The average molecular weight is 323 g/mol. The minimum atomic E-state index is 0.0873. The van der Waals surface area contributed by atoms with Crippen LogP contribution in [0.2, 0.25) is 0 Å². The van der Waals surface area contributed by atoms with E-state index in [0.29, 0.717) is 0 Å². The van der Waals surface area contributed by atoms with Crippen molar-refractivity contribution in [2.75, 3.05) is 6.54 Å². The molecule has 2 aliphatic rings. The van der Waals surface area contributed by atoms with Gasteiger partial charge in [0.25, 0.3) is 5.56 Å². The molecule has 1 aliphatic carbocycles. The van der Waals surface area contributed by atoms with Gasteiger partial charge in [0, 0.05) is 31.6 Å². The van der Waals surface area contributed by atoms with E-state index < -0.39 is 0 Å². The molecule has 24 heavy (non-hydrogen) atoms. The van der Waals surface area contributed by atoms with Crippen LogP contribution in [0, 0.1) is 5.92 Å². The first-order valence-corrected chi connectivity index (χ1v) is 9.13. The highest BCUT2D eigenvalue weighted by Crippen LogP contribution is 2.31. The first-order valence-electron chi connectivity index (χ1n) is 9.13. The van der Waals surface area contributed by atoms with Crippen molar-refractivity contribution in [3.63, 3.8) is 0 Å². The van der Waals surface area contributed by atoms with E-state index in [9.17, 15) is 4.79 Å². The second kappa shape index (κ2) is 6.52. The molecule has 4 rings (SSSR count). The number of fused-ring (bicyclic) bond motifs is 1. The van der Waals surface area contributed by atoms with Gasteiger partial charge in [0.15, 0.2) is 0 Å². The van der Waals surface area contributed by atoms with Crippen molar-refractivity contribution >= 4 is 0 Å². The SMILES string of the molecule is CCc1ccccc1CN1CCc2c(nc(CC3CC3)[nH]c2=O)C1. The van der Waals surface area contributed by atoms with E-state index in [2.05, 4.69) is 41.1 Å². The van der Waals surface area contributed by atoms with Crippen molar-refractivity contribution in [2.45, 2.75) is 52.1 Å². The summed E-state index contributed by atoms with van der Waals surface area (Å²) < 4.78 is 0. The molecule has 0 unspecified atom stereocenters. The molecule has 1 aliphatic heterocycles. The number of H-pyrrole nitrogens is 1. The van der Waals surface area contributed by atoms with Gasteiger partial charge in [-0.3, -0.25) is 9.69 Å². The van der Waals surface area contributed by atoms with Gasteiger partial charge in [0.05, 0.1) is 5.69 Å². The van der Waals surface area contributed by atoms with E-state index in [-0.39, 0.29) is 5.56 Å². The fraction of sp³-hybridized carbons (Fsp3) is 0.500. The zero-order valence-corrected chi connectivity index (χ0v) is 14.3. The largest absolute Gasteiger partial charge is 0.310 e. The van der Waals surface area contributed by atoms with Gasteiger partial charge in [0.2, 0.25) is 0 Å². The maximum atomic E-state index is 12.3. The molecule has 0 amide bonds. The van der Waals surface area contributed by atoms with E-state index in [1.165, 1.54) is 24.0 Å². The van der Waals surface area contributed by atoms with E-state index >= 15 is 0 Å². The fourth-order valence-electron chi connectivity index (χ4n) is 3.67. The molecule has 1 fully saturated rings. The minimum absolute atomic E-state index is 0.0873. The van der Waals surface area contributed by atoms with Gasteiger partial charge in [-0.25, -0.2) is 4.98 Å². The number of aromatic nitrogens is 2. The van der Waals surface area contributed by atoms with E-state index in [4.69, 9.17) is 4.98 Å². The van der Waals surface area contributed by atoms with Gasteiger partial charge >= 0.3 is 0 Å². The van der Waals surface area contributed by atoms with Gasteiger partial charge in [-0.1, -0.05) is 31.2 Å². The summed E-state index contributed by atoms with van der Waals surface area (Å²) in [6, 6.07) is 8.66. The molecule has 0 radical (unpaired) electrons. The van der Waals surface area contributed by atoms with Crippen LogP contribution in [-0.4, -0.2) is 21.4 Å². The lowest BCUT2D eigenvalue weighted by Gasteiger charge is -2.28. The Morgan fingerprint density at radius 2 is 2.04 bits per heavy atom. The Hall–Kier alpha value is -1.94. The number of hydrogen-bond acceptors (Lipinski definition) is 3. The predicted octanol–water partition coefficient (Wildman–Crippen LogP) is 2.84. The highest BCUT2D eigenvalue weighted by molar-refractivity contribution is 5.28. The van der Waals surface area contributed by atoms with Crippen molar-refractivity contribution in [1.29, 1.82) is 0 Å². The lowest BCUT2D eigenvalue weighted by atomic mass is 10.0. The molecule has 0 atom stereocenters. The molecule has 4 nitrogen and oxygen atoms in total. The zero-order valence-electron chi connectivity index (χ0n) is 14.3. The highest BCUT2D eigenvalue weighted by atomic mass is 16.1. The first-order chi connectivity index (χ1) is 11.7. The Balaban J connectivity index is 1.54. The third-order valence-electron chi connectivity index (χ3n) is 5.27. The molecule has 2 heterocycles. The number of nitrogens with one attached hydrogen (secondary N) is 1. The number of hydrogen-bond donors (Lipinski definition) is 1. The molecule has 1 saturated carbocycles. The van der Waals surface area contributed by atoms with Gasteiger partial charge in [0.1, 0.15) is 5.82 Å². The monoisotopic (exact) mass is 323 g/mol. The number of aryl methyl sites for hydroxylation is 1. The van der Waals surface area contributed by atoms with Gasteiger partial charge in [-0.2, -0.15) is 0 Å². The summed E-state index contributed by atoms with van der Waals surface area (Å²) in [5, 5.41) is 0. The van der Waals surface area contributed by atoms with Crippen LogP contribution in [0.5, 0.6) is 0 Å². The Kier molecular flexibility index (Phi) is 4.23. The van der Waals surface area contributed by atoms with Crippen LogP contribution >= 0.6 is 0 Å². The molecule has 1 aromatic heterocycles. The molecule has 2 aromatic rings. The molecule has 126 valence electrons. The topological polar surface area (TPSA) is 49.0 Å². The molecular weight excluding hydrogens is 298 g/mol. The molecular formula is C20H25N3O. The lowest BCUT2D eigenvalue weighted by Crippen LogP contribution is -2.35. The Morgan fingerprint density at radius 1 is 1.25 bits per heavy atom. The third-order valence-corrected chi connectivity index (χ3v) is 5.27. The summed E-state index contributed by atoms with van der Waals surface area (Å²) in [5.74, 6) is 1.62.